The van der Waals surface area contributed by atoms with Gasteiger partial charge in [-0.25, -0.2) is 0 Å². The Morgan fingerprint density at radius 1 is 1.13 bits per heavy atom. The van der Waals surface area contributed by atoms with Crippen molar-refractivity contribution in [3.8, 4) is 0 Å². The zero-order valence-electron chi connectivity index (χ0n) is 20.3. The molecule has 3 rings (SSSR count). The fraction of sp³-hybridized carbons (Fsp3) is 0.724. The molecule has 168 valence electrons. The summed E-state index contributed by atoms with van der Waals surface area (Å²) in [5.74, 6) is 3.11. The summed E-state index contributed by atoms with van der Waals surface area (Å²) in [4.78, 5) is 0. The molecular weight excluding hydrogens is 364 g/mol. The van der Waals surface area contributed by atoms with Gasteiger partial charge in [-0.05, 0) is 106 Å². The van der Waals surface area contributed by atoms with Crippen molar-refractivity contribution in [1.29, 1.82) is 0 Å². The average molecular weight is 411 g/mol. The molecule has 30 heavy (non-hydrogen) atoms. The summed E-state index contributed by atoms with van der Waals surface area (Å²) in [7, 11) is 0. The van der Waals surface area contributed by atoms with E-state index in [0.717, 1.165) is 42.9 Å². The van der Waals surface area contributed by atoms with Crippen molar-refractivity contribution >= 4 is 0 Å². The number of fused-ring (bicyclic) bond motifs is 1. The first-order valence-corrected chi connectivity index (χ1v) is 12.6. The molecule has 0 heterocycles. The van der Waals surface area contributed by atoms with Crippen molar-refractivity contribution in [2.75, 3.05) is 0 Å². The molecular formula is C29H46O. The number of hydrogen-bond acceptors (Lipinski definition) is 1. The van der Waals surface area contributed by atoms with Crippen LogP contribution < -0.4 is 0 Å². The van der Waals surface area contributed by atoms with Gasteiger partial charge in [0.2, 0.25) is 0 Å². The lowest BCUT2D eigenvalue weighted by atomic mass is 9.60. The monoisotopic (exact) mass is 410 g/mol. The highest BCUT2D eigenvalue weighted by Gasteiger charge is 2.50. The van der Waals surface area contributed by atoms with E-state index in [0.29, 0.717) is 5.41 Å². The summed E-state index contributed by atoms with van der Waals surface area (Å²) in [5.41, 5.74) is 6.31. The fourth-order valence-corrected chi connectivity index (χ4v) is 7.01. The van der Waals surface area contributed by atoms with Gasteiger partial charge in [-0.15, -0.1) is 0 Å². The predicted octanol–water partition coefficient (Wildman–Crippen LogP) is 8.18. The number of aliphatic hydroxyl groups is 1. The summed E-state index contributed by atoms with van der Waals surface area (Å²) in [5, 5.41) is 10.1. The van der Waals surface area contributed by atoms with Crippen LogP contribution in [0.25, 0.3) is 0 Å². The summed E-state index contributed by atoms with van der Waals surface area (Å²) < 4.78 is 0. The Bertz CT molecular complexity index is 706. The van der Waals surface area contributed by atoms with Crippen molar-refractivity contribution < 1.29 is 5.11 Å². The minimum absolute atomic E-state index is 0.180. The number of hydrogen-bond donors (Lipinski definition) is 1. The van der Waals surface area contributed by atoms with E-state index in [-0.39, 0.29) is 6.10 Å². The lowest BCUT2D eigenvalue weighted by Gasteiger charge is -2.44. The summed E-state index contributed by atoms with van der Waals surface area (Å²) in [6, 6.07) is 0. The highest BCUT2D eigenvalue weighted by molar-refractivity contribution is 5.36. The van der Waals surface area contributed by atoms with Crippen molar-refractivity contribution in [1.82, 2.24) is 0 Å². The van der Waals surface area contributed by atoms with Crippen LogP contribution >= 0.6 is 0 Å². The van der Waals surface area contributed by atoms with Gasteiger partial charge in [0.1, 0.15) is 0 Å². The van der Waals surface area contributed by atoms with Crippen LogP contribution in [0.1, 0.15) is 98.8 Å². The van der Waals surface area contributed by atoms with E-state index in [4.69, 9.17) is 0 Å². The first kappa shape index (κ1) is 23.6. The summed E-state index contributed by atoms with van der Waals surface area (Å²) in [6.07, 6.45) is 18.8. The molecule has 0 aromatic rings. The largest absolute Gasteiger partial charge is 0.393 e. The Morgan fingerprint density at radius 3 is 2.60 bits per heavy atom. The Balaban J connectivity index is 1.74. The molecule has 0 amide bonds. The average Bonchev–Trinajstić information content (AvgIpc) is 3.05. The fourth-order valence-electron chi connectivity index (χ4n) is 7.01. The van der Waals surface area contributed by atoms with E-state index >= 15 is 0 Å². The lowest BCUT2D eigenvalue weighted by Crippen LogP contribution is -2.36. The molecule has 3 aliphatic rings. The number of rotatable bonds is 6. The normalized spacial score (nSPS) is 36.6. The topological polar surface area (TPSA) is 20.2 Å². The van der Waals surface area contributed by atoms with Gasteiger partial charge < -0.3 is 5.11 Å². The summed E-state index contributed by atoms with van der Waals surface area (Å²) in [6.45, 7) is 16.3. The second kappa shape index (κ2) is 10.0. The third kappa shape index (κ3) is 5.21. The molecule has 5 atom stereocenters. The van der Waals surface area contributed by atoms with Gasteiger partial charge in [-0.2, -0.15) is 0 Å². The molecule has 1 nitrogen and oxygen atoms in total. The SMILES string of the molecule is C=C1CCC(O)CC1=CC=C1CCCC2(C)C1CCC2C(C)CC(=CC)CC(C)C. The van der Waals surface area contributed by atoms with E-state index in [1.54, 1.807) is 11.1 Å². The zero-order chi connectivity index (χ0) is 21.9. The highest BCUT2D eigenvalue weighted by Crippen LogP contribution is 2.60. The second-order valence-corrected chi connectivity index (χ2v) is 11.3. The van der Waals surface area contributed by atoms with Crippen molar-refractivity contribution in [3.63, 3.8) is 0 Å². The van der Waals surface area contributed by atoms with Gasteiger partial charge in [0, 0.05) is 0 Å². The van der Waals surface area contributed by atoms with Crippen LogP contribution in [0.3, 0.4) is 0 Å². The van der Waals surface area contributed by atoms with Crippen LogP contribution in [-0.4, -0.2) is 11.2 Å². The van der Waals surface area contributed by atoms with Gasteiger partial charge in [0.15, 0.2) is 0 Å². The van der Waals surface area contributed by atoms with E-state index in [9.17, 15) is 5.11 Å². The molecule has 5 unspecified atom stereocenters. The maximum atomic E-state index is 10.1. The lowest BCUT2D eigenvalue weighted by molar-refractivity contribution is 0.0971. The third-order valence-corrected chi connectivity index (χ3v) is 8.58. The molecule has 0 aliphatic heterocycles. The molecule has 3 fully saturated rings. The smallest absolute Gasteiger partial charge is 0.0583 e. The van der Waals surface area contributed by atoms with Gasteiger partial charge in [0.05, 0.1) is 6.10 Å². The van der Waals surface area contributed by atoms with E-state index < -0.39 is 0 Å². The van der Waals surface area contributed by atoms with Crippen LogP contribution in [0.5, 0.6) is 0 Å². The molecule has 0 aromatic heterocycles. The van der Waals surface area contributed by atoms with E-state index in [1.807, 2.05) is 0 Å². The standard InChI is InChI=1S/C29H46O/c1-7-23(17-20(2)3)18-22(5)27-14-15-28-24(9-8-16-29(27,28)6)11-12-25-19-26(30)13-10-21(25)4/h7,11-12,20,22,26-28,30H,4,8-10,13-19H2,1-3,5-6H3. The Hall–Kier alpha value is -1.08. The van der Waals surface area contributed by atoms with Gasteiger partial charge in [-0.1, -0.05) is 69.2 Å². The zero-order valence-corrected chi connectivity index (χ0v) is 20.3. The molecule has 0 aromatic carbocycles. The molecule has 1 heteroatoms. The summed E-state index contributed by atoms with van der Waals surface area (Å²) >= 11 is 0. The van der Waals surface area contributed by atoms with Crippen LogP contribution in [0.15, 0.2) is 47.1 Å². The van der Waals surface area contributed by atoms with Crippen LogP contribution in [0.2, 0.25) is 0 Å². The quantitative estimate of drug-likeness (QED) is 0.438. The van der Waals surface area contributed by atoms with Gasteiger partial charge in [-0.3, -0.25) is 0 Å². The highest BCUT2D eigenvalue weighted by atomic mass is 16.3. The van der Waals surface area contributed by atoms with Gasteiger partial charge >= 0.3 is 0 Å². The molecule has 3 saturated carbocycles. The maximum absolute atomic E-state index is 10.1. The predicted molar refractivity (Wildman–Crippen MR) is 130 cm³/mol. The first-order chi connectivity index (χ1) is 14.2. The van der Waals surface area contributed by atoms with Crippen LogP contribution in [-0.2, 0) is 0 Å². The second-order valence-electron chi connectivity index (χ2n) is 11.3. The minimum Gasteiger partial charge on any atom is -0.393 e. The van der Waals surface area contributed by atoms with Crippen molar-refractivity contribution in [2.45, 2.75) is 105 Å². The Morgan fingerprint density at radius 2 is 1.90 bits per heavy atom. The van der Waals surface area contributed by atoms with Crippen LogP contribution in [0.4, 0.5) is 0 Å². The molecule has 0 spiro atoms. The van der Waals surface area contributed by atoms with Gasteiger partial charge in [0.25, 0.3) is 0 Å². The third-order valence-electron chi connectivity index (χ3n) is 8.58. The number of allylic oxidation sites excluding steroid dienone is 6. The molecule has 0 saturated heterocycles. The van der Waals surface area contributed by atoms with Crippen LogP contribution in [0, 0.1) is 29.1 Å². The van der Waals surface area contributed by atoms with E-state index in [1.165, 1.54) is 56.1 Å². The number of aliphatic hydroxyl groups excluding tert-OH is 1. The van der Waals surface area contributed by atoms with Crippen molar-refractivity contribution in [2.24, 2.45) is 29.1 Å². The first-order valence-electron chi connectivity index (χ1n) is 12.6. The molecule has 0 radical (unpaired) electrons. The maximum Gasteiger partial charge on any atom is 0.0583 e. The molecule has 1 N–H and O–H groups in total. The Kier molecular flexibility index (Phi) is 7.88. The van der Waals surface area contributed by atoms with Crippen molar-refractivity contribution in [3.05, 3.63) is 47.1 Å². The molecule has 0 bridgehead atoms. The molecule has 3 aliphatic carbocycles. The minimum atomic E-state index is -0.180. The Labute approximate surface area is 186 Å². The van der Waals surface area contributed by atoms with E-state index in [2.05, 4.69) is 59.4 Å².